The van der Waals surface area contributed by atoms with E-state index in [1.807, 2.05) is 48.5 Å². The Bertz CT molecular complexity index is 919. The molecule has 0 bridgehead atoms. The molecule has 0 aliphatic rings. The largest absolute Gasteiger partial charge is 0.493 e. The Balaban J connectivity index is 1.80. The third kappa shape index (κ3) is 4.79. The number of aromatic nitrogens is 3. The summed E-state index contributed by atoms with van der Waals surface area (Å²) in [5.41, 5.74) is 2.02. The Kier molecular flexibility index (Phi) is 5.83. The van der Waals surface area contributed by atoms with E-state index in [0.29, 0.717) is 30.5 Å². The predicted molar refractivity (Wildman–Crippen MR) is 105 cm³/mol. The number of nitrogens with zero attached hydrogens (tertiary/aromatic N) is 2. The number of hydrogen-bond donors (Lipinski definition) is 1. The molecule has 0 unspecified atom stereocenters. The molecule has 0 spiro atoms. The van der Waals surface area contributed by atoms with Gasteiger partial charge in [0.25, 0.3) is 5.56 Å². The van der Waals surface area contributed by atoms with Crippen molar-refractivity contribution in [3.63, 3.8) is 0 Å². The Morgan fingerprint density at radius 2 is 1.77 bits per heavy atom. The number of halogens is 1. The lowest BCUT2D eigenvalue weighted by Gasteiger charge is -2.09. The zero-order chi connectivity index (χ0) is 18.5. The highest BCUT2D eigenvalue weighted by Crippen LogP contribution is 2.20. The Hall–Kier alpha value is -2.47. The number of ether oxygens (including phenoxy) is 1. The molecule has 134 valence electrons. The van der Waals surface area contributed by atoms with Gasteiger partial charge in [-0.15, -0.1) is 0 Å². The van der Waals surface area contributed by atoms with Crippen LogP contribution in [0.15, 0.2) is 57.8 Å². The maximum absolute atomic E-state index is 12.1. The minimum atomic E-state index is -0.270. The summed E-state index contributed by atoms with van der Waals surface area (Å²) >= 11 is 3.41. The summed E-state index contributed by atoms with van der Waals surface area (Å²) in [5, 5.41) is 6.62. The van der Waals surface area contributed by atoms with E-state index in [-0.39, 0.29) is 5.56 Å². The van der Waals surface area contributed by atoms with E-state index < -0.39 is 0 Å². The first-order valence-corrected chi connectivity index (χ1v) is 9.24. The van der Waals surface area contributed by atoms with E-state index in [4.69, 9.17) is 4.74 Å². The molecule has 0 saturated heterocycles. The average molecular weight is 414 g/mol. The van der Waals surface area contributed by atoms with Crippen LogP contribution in [-0.2, 0) is 6.42 Å². The van der Waals surface area contributed by atoms with Crippen LogP contribution < -0.4 is 10.3 Å². The molecule has 5 nitrogen and oxygen atoms in total. The number of hydrogen-bond acceptors (Lipinski definition) is 4. The summed E-state index contributed by atoms with van der Waals surface area (Å²) in [6.45, 7) is 4.89. The van der Waals surface area contributed by atoms with Gasteiger partial charge in [0.05, 0.1) is 6.61 Å². The number of aromatic amines is 1. The molecule has 0 fully saturated rings. The molecule has 0 radical (unpaired) electrons. The van der Waals surface area contributed by atoms with Crippen molar-refractivity contribution in [2.75, 3.05) is 6.61 Å². The zero-order valence-electron chi connectivity index (χ0n) is 14.7. The quantitative estimate of drug-likeness (QED) is 0.656. The highest BCUT2D eigenvalue weighted by atomic mass is 79.9. The third-order valence-electron chi connectivity index (χ3n) is 3.75. The highest BCUT2D eigenvalue weighted by Gasteiger charge is 2.09. The number of benzene rings is 2. The molecule has 0 aliphatic carbocycles. The van der Waals surface area contributed by atoms with Gasteiger partial charge in [0.15, 0.2) is 5.82 Å². The van der Waals surface area contributed by atoms with Crippen LogP contribution in [0.4, 0.5) is 0 Å². The number of H-pyrrole nitrogens is 1. The number of nitrogens with one attached hydrogen (secondary N) is 1. The summed E-state index contributed by atoms with van der Waals surface area (Å²) in [4.78, 5) is 16.5. The molecule has 3 rings (SSSR count). The van der Waals surface area contributed by atoms with Crippen LogP contribution in [0.3, 0.4) is 0 Å². The summed E-state index contributed by atoms with van der Waals surface area (Å²) in [5.74, 6) is 1.77. The monoisotopic (exact) mass is 413 g/mol. The van der Waals surface area contributed by atoms with Gasteiger partial charge in [0.2, 0.25) is 0 Å². The second-order valence-corrected chi connectivity index (χ2v) is 7.38. The second-order valence-electron chi connectivity index (χ2n) is 6.47. The molecule has 1 aromatic heterocycles. The van der Waals surface area contributed by atoms with Crippen LogP contribution in [0, 0.1) is 5.92 Å². The molecule has 0 aliphatic heterocycles. The van der Waals surface area contributed by atoms with Crippen molar-refractivity contribution in [1.82, 2.24) is 15.2 Å². The van der Waals surface area contributed by atoms with Crippen molar-refractivity contribution < 1.29 is 4.74 Å². The molecule has 0 saturated carbocycles. The van der Waals surface area contributed by atoms with E-state index in [1.165, 1.54) is 0 Å². The third-order valence-corrected chi connectivity index (χ3v) is 4.28. The van der Waals surface area contributed by atoms with Gasteiger partial charge in [-0.1, -0.05) is 41.9 Å². The summed E-state index contributed by atoms with van der Waals surface area (Å²) in [7, 11) is 0. The van der Waals surface area contributed by atoms with Gasteiger partial charge in [-0.05, 0) is 47.9 Å². The van der Waals surface area contributed by atoms with Crippen molar-refractivity contribution in [2.45, 2.75) is 20.3 Å². The first kappa shape index (κ1) is 18.3. The van der Waals surface area contributed by atoms with Gasteiger partial charge in [-0.25, -0.2) is 10.1 Å². The SMILES string of the molecule is CC(C)COc1ccc(-c2n[nH]c(=O)c(Cc3ccc(Br)cc3)n2)cc1. The van der Waals surface area contributed by atoms with Gasteiger partial charge in [-0.2, -0.15) is 5.10 Å². The summed E-state index contributed by atoms with van der Waals surface area (Å²) in [6.07, 6.45) is 0.452. The number of rotatable bonds is 6. The molecule has 6 heteroatoms. The van der Waals surface area contributed by atoms with Crippen molar-refractivity contribution in [1.29, 1.82) is 0 Å². The van der Waals surface area contributed by atoms with Crippen molar-refractivity contribution >= 4 is 15.9 Å². The van der Waals surface area contributed by atoms with E-state index in [9.17, 15) is 4.79 Å². The van der Waals surface area contributed by atoms with Gasteiger partial charge < -0.3 is 4.74 Å². The van der Waals surface area contributed by atoms with Crippen molar-refractivity contribution in [2.24, 2.45) is 5.92 Å². The van der Waals surface area contributed by atoms with Crippen LogP contribution in [0.5, 0.6) is 5.75 Å². The first-order valence-electron chi connectivity index (χ1n) is 8.44. The van der Waals surface area contributed by atoms with Crippen LogP contribution in [-0.4, -0.2) is 21.8 Å². The summed E-state index contributed by atoms with van der Waals surface area (Å²) < 4.78 is 6.69. The first-order chi connectivity index (χ1) is 12.5. The summed E-state index contributed by atoms with van der Waals surface area (Å²) in [6, 6.07) is 15.4. The molecule has 1 heterocycles. The Morgan fingerprint density at radius 3 is 2.42 bits per heavy atom. The topological polar surface area (TPSA) is 67.9 Å². The van der Waals surface area contributed by atoms with Crippen molar-refractivity contribution in [3.05, 3.63) is 74.6 Å². The van der Waals surface area contributed by atoms with E-state index in [0.717, 1.165) is 21.3 Å². The highest BCUT2D eigenvalue weighted by molar-refractivity contribution is 9.10. The van der Waals surface area contributed by atoms with E-state index in [1.54, 1.807) is 0 Å². The van der Waals surface area contributed by atoms with Gasteiger partial charge in [0, 0.05) is 16.5 Å². The zero-order valence-corrected chi connectivity index (χ0v) is 16.3. The minimum absolute atomic E-state index is 0.270. The fraction of sp³-hybridized carbons (Fsp3) is 0.250. The van der Waals surface area contributed by atoms with Crippen LogP contribution >= 0.6 is 15.9 Å². The van der Waals surface area contributed by atoms with Gasteiger partial charge >= 0.3 is 0 Å². The Morgan fingerprint density at radius 1 is 1.08 bits per heavy atom. The fourth-order valence-corrected chi connectivity index (χ4v) is 2.64. The molecule has 0 amide bonds. The van der Waals surface area contributed by atoms with Gasteiger partial charge in [-0.3, -0.25) is 4.79 Å². The standard InChI is InChI=1S/C20H20BrN3O2/c1-13(2)12-26-17-9-5-15(6-10-17)19-22-18(20(25)24-23-19)11-14-3-7-16(21)8-4-14/h3-10,13H,11-12H2,1-2H3,(H,24,25). The molecular weight excluding hydrogens is 394 g/mol. The Labute approximate surface area is 160 Å². The molecule has 26 heavy (non-hydrogen) atoms. The van der Waals surface area contributed by atoms with Crippen LogP contribution in [0.1, 0.15) is 25.1 Å². The average Bonchev–Trinajstić information content (AvgIpc) is 2.64. The lowest BCUT2D eigenvalue weighted by molar-refractivity contribution is 0.271. The van der Waals surface area contributed by atoms with Crippen LogP contribution in [0.25, 0.3) is 11.4 Å². The minimum Gasteiger partial charge on any atom is -0.493 e. The second kappa shape index (κ2) is 8.27. The van der Waals surface area contributed by atoms with E-state index >= 15 is 0 Å². The van der Waals surface area contributed by atoms with E-state index in [2.05, 4.69) is 45.0 Å². The maximum Gasteiger partial charge on any atom is 0.286 e. The molecule has 0 atom stereocenters. The van der Waals surface area contributed by atoms with Crippen molar-refractivity contribution in [3.8, 4) is 17.1 Å². The smallest absolute Gasteiger partial charge is 0.286 e. The molecular formula is C20H20BrN3O2. The molecule has 2 aromatic carbocycles. The van der Waals surface area contributed by atoms with Crippen LogP contribution in [0.2, 0.25) is 0 Å². The normalized spacial score (nSPS) is 10.9. The lowest BCUT2D eigenvalue weighted by Crippen LogP contribution is -2.18. The lowest BCUT2D eigenvalue weighted by atomic mass is 10.1. The fourth-order valence-electron chi connectivity index (χ4n) is 2.38. The van der Waals surface area contributed by atoms with Gasteiger partial charge in [0.1, 0.15) is 11.4 Å². The predicted octanol–water partition coefficient (Wildman–Crippen LogP) is 4.22. The molecule has 1 N–H and O–H groups in total. The molecule has 3 aromatic rings. The maximum atomic E-state index is 12.1.